The molecule has 0 unspecified atom stereocenters. The van der Waals surface area contributed by atoms with E-state index in [0.717, 1.165) is 22.4 Å². The second kappa shape index (κ2) is 14.8. The van der Waals surface area contributed by atoms with Crippen LogP contribution in [0.5, 0.6) is 11.5 Å². The number of methoxy groups -OCH3 is 1. The van der Waals surface area contributed by atoms with Crippen LogP contribution < -0.4 is 9.47 Å². The van der Waals surface area contributed by atoms with Crippen molar-refractivity contribution < 1.29 is 28.4 Å². The second-order valence-corrected chi connectivity index (χ2v) is 10.2. The highest BCUT2D eigenvalue weighted by molar-refractivity contribution is 5.31. The molecule has 0 saturated carbocycles. The maximum absolute atomic E-state index is 6.62. The van der Waals surface area contributed by atoms with E-state index < -0.39 is 12.4 Å². The monoisotopic (exact) mass is 554 g/mol. The highest BCUT2D eigenvalue weighted by Crippen LogP contribution is 2.34. The summed E-state index contributed by atoms with van der Waals surface area (Å²) >= 11 is 0. The van der Waals surface area contributed by atoms with Gasteiger partial charge in [-0.15, -0.1) is 0 Å². The van der Waals surface area contributed by atoms with Crippen molar-refractivity contribution in [3.63, 3.8) is 0 Å². The first-order valence-corrected chi connectivity index (χ1v) is 14.1. The molecule has 4 aromatic rings. The average molecular weight is 555 g/mol. The molecule has 41 heavy (non-hydrogen) atoms. The molecular weight excluding hydrogens is 516 g/mol. The van der Waals surface area contributed by atoms with Gasteiger partial charge in [-0.2, -0.15) is 0 Å². The topological polar surface area (TPSA) is 55.4 Å². The van der Waals surface area contributed by atoms with Gasteiger partial charge in [0, 0.05) is 5.92 Å². The van der Waals surface area contributed by atoms with Crippen molar-refractivity contribution in [1.29, 1.82) is 0 Å². The van der Waals surface area contributed by atoms with Crippen LogP contribution in [0.3, 0.4) is 0 Å². The van der Waals surface area contributed by atoms with Crippen molar-refractivity contribution in [3.05, 3.63) is 132 Å². The van der Waals surface area contributed by atoms with Crippen molar-refractivity contribution in [2.75, 3.05) is 13.7 Å². The van der Waals surface area contributed by atoms with E-state index in [1.54, 1.807) is 7.11 Å². The molecule has 5 atom stereocenters. The molecule has 4 aromatic carbocycles. The van der Waals surface area contributed by atoms with E-state index in [1.165, 1.54) is 0 Å². The van der Waals surface area contributed by atoms with Crippen molar-refractivity contribution in [2.24, 2.45) is 5.92 Å². The van der Waals surface area contributed by atoms with Crippen molar-refractivity contribution in [3.8, 4) is 11.5 Å². The Morgan fingerprint density at radius 3 is 1.61 bits per heavy atom. The van der Waals surface area contributed by atoms with Crippen LogP contribution in [-0.4, -0.2) is 38.3 Å². The fourth-order valence-electron chi connectivity index (χ4n) is 4.95. The van der Waals surface area contributed by atoms with Crippen molar-refractivity contribution >= 4 is 0 Å². The van der Waals surface area contributed by atoms with E-state index in [-0.39, 0.29) is 18.1 Å². The molecule has 1 aliphatic heterocycles. The lowest BCUT2D eigenvalue weighted by molar-refractivity contribution is -0.281. The van der Waals surface area contributed by atoms with E-state index >= 15 is 0 Å². The zero-order chi connectivity index (χ0) is 28.3. The van der Waals surface area contributed by atoms with E-state index in [9.17, 15) is 0 Å². The molecule has 0 aliphatic carbocycles. The first-order valence-electron chi connectivity index (χ1n) is 14.1. The standard InChI is InChI=1S/C35H38O6/c1-26-33(38-23-28-14-8-4-9-15-28)34(39-24-29-16-10-5-11-17-29)32(25-37-22-27-12-6-3-7-13-27)41-35(26)40-31-20-18-30(36-2)19-21-31/h3-21,26,32-35H,22-25H2,1-2H3/t26-,32+,33+,34+,35-/m0/s1. The lowest BCUT2D eigenvalue weighted by Crippen LogP contribution is -2.58. The van der Waals surface area contributed by atoms with Crippen LogP contribution in [0.2, 0.25) is 0 Å². The van der Waals surface area contributed by atoms with Gasteiger partial charge in [0.2, 0.25) is 6.29 Å². The summed E-state index contributed by atoms with van der Waals surface area (Å²) in [6.45, 7) is 3.78. The van der Waals surface area contributed by atoms with Crippen molar-refractivity contribution in [2.45, 2.75) is 51.3 Å². The Hall–Kier alpha value is -3.68. The number of hydrogen-bond acceptors (Lipinski definition) is 6. The van der Waals surface area contributed by atoms with Gasteiger partial charge in [-0.05, 0) is 41.0 Å². The first-order chi connectivity index (χ1) is 20.2. The summed E-state index contributed by atoms with van der Waals surface area (Å²) in [5, 5.41) is 0. The van der Waals surface area contributed by atoms with Gasteiger partial charge in [0.15, 0.2) is 0 Å². The largest absolute Gasteiger partial charge is 0.497 e. The third-order valence-electron chi connectivity index (χ3n) is 7.22. The van der Waals surface area contributed by atoms with Gasteiger partial charge in [-0.1, -0.05) is 97.9 Å². The lowest BCUT2D eigenvalue weighted by atomic mass is 9.91. The third-order valence-corrected chi connectivity index (χ3v) is 7.22. The minimum Gasteiger partial charge on any atom is -0.497 e. The zero-order valence-corrected chi connectivity index (χ0v) is 23.6. The van der Waals surface area contributed by atoms with Gasteiger partial charge in [-0.25, -0.2) is 0 Å². The van der Waals surface area contributed by atoms with Crippen LogP contribution in [0, 0.1) is 5.92 Å². The molecule has 0 N–H and O–H groups in total. The molecule has 0 aromatic heterocycles. The van der Waals surface area contributed by atoms with Gasteiger partial charge in [0.25, 0.3) is 0 Å². The molecule has 0 bridgehead atoms. The first kappa shape index (κ1) is 28.8. The van der Waals surface area contributed by atoms with E-state index in [1.807, 2.05) is 78.9 Å². The van der Waals surface area contributed by atoms with Gasteiger partial charge in [0.1, 0.15) is 23.7 Å². The molecule has 6 nitrogen and oxygen atoms in total. The van der Waals surface area contributed by atoms with Gasteiger partial charge in [-0.3, -0.25) is 0 Å². The quantitative estimate of drug-likeness (QED) is 0.181. The minimum atomic E-state index is -0.564. The lowest BCUT2D eigenvalue weighted by Gasteiger charge is -2.45. The fraction of sp³-hybridized carbons (Fsp3) is 0.314. The molecular formula is C35H38O6. The Kier molecular flexibility index (Phi) is 10.4. The summed E-state index contributed by atoms with van der Waals surface area (Å²) in [5.74, 6) is 1.32. The highest BCUT2D eigenvalue weighted by Gasteiger charge is 2.46. The molecule has 1 fully saturated rings. The second-order valence-electron chi connectivity index (χ2n) is 10.2. The fourth-order valence-corrected chi connectivity index (χ4v) is 4.95. The zero-order valence-electron chi connectivity index (χ0n) is 23.6. The van der Waals surface area contributed by atoms with E-state index in [4.69, 9.17) is 28.4 Å². The maximum Gasteiger partial charge on any atom is 0.205 e. The number of ether oxygens (including phenoxy) is 6. The molecule has 0 spiro atoms. The van der Waals surface area contributed by atoms with Gasteiger partial charge >= 0.3 is 0 Å². The number of benzene rings is 4. The summed E-state index contributed by atoms with van der Waals surface area (Å²) in [5.41, 5.74) is 3.28. The molecule has 0 amide bonds. The molecule has 6 heteroatoms. The smallest absolute Gasteiger partial charge is 0.205 e. The summed E-state index contributed by atoms with van der Waals surface area (Å²) in [7, 11) is 1.65. The SMILES string of the molecule is COc1ccc(O[C@H]2O[C@H](COCc3ccccc3)[C@@H](OCc3ccccc3)[C@H](OCc3ccccc3)[C@@H]2C)cc1. The summed E-state index contributed by atoms with van der Waals surface area (Å²) in [4.78, 5) is 0. The van der Waals surface area contributed by atoms with Crippen molar-refractivity contribution in [1.82, 2.24) is 0 Å². The third kappa shape index (κ3) is 8.18. The Balaban J connectivity index is 1.37. The van der Waals surface area contributed by atoms with Crippen LogP contribution in [0.15, 0.2) is 115 Å². The predicted molar refractivity (Wildman–Crippen MR) is 158 cm³/mol. The number of rotatable bonds is 13. The van der Waals surface area contributed by atoms with Crippen LogP contribution in [0.1, 0.15) is 23.6 Å². The molecule has 1 aliphatic rings. The average Bonchev–Trinajstić information content (AvgIpc) is 3.03. The Labute approximate surface area is 242 Å². The van der Waals surface area contributed by atoms with E-state index in [2.05, 4.69) is 43.3 Å². The van der Waals surface area contributed by atoms with E-state index in [0.29, 0.717) is 32.2 Å². The normalized spacial score (nSPS) is 22.2. The summed E-state index contributed by atoms with van der Waals surface area (Å²) in [6.07, 6.45) is -1.66. The molecule has 1 heterocycles. The predicted octanol–water partition coefficient (Wildman–Crippen LogP) is 6.82. The molecule has 214 valence electrons. The molecule has 5 rings (SSSR count). The van der Waals surface area contributed by atoms with Crippen LogP contribution >= 0.6 is 0 Å². The number of hydrogen-bond donors (Lipinski definition) is 0. The Morgan fingerprint density at radius 1 is 0.585 bits per heavy atom. The van der Waals surface area contributed by atoms with Gasteiger partial charge < -0.3 is 28.4 Å². The maximum atomic E-state index is 6.62. The van der Waals surface area contributed by atoms with Gasteiger partial charge in [0.05, 0.1) is 39.6 Å². The molecule has 0 radical (unpaired) electrons. The van der Waals surface area contributed by atoms with Crippen LogP contribution in [0.25, 0.3) is 0 Å². The Morgan fingerprint density at radius 2 is 1.07 bits per heavy atom. The van der Waals surface area contributed by atoms with Crippen LogP contribution in [0.4, 0.5) is 0 Å². The highest BCUT2D eigenvalue weighted by atomic mass is 16.7. The summed E-state index contributed by atoms with van der Waals surface area (Å²) in [6, 6.07) is 38.0. The molecule has 1 saturated heterocycles. The Bertz CT molecular complexity index is 1280. The minimum absolute atomic E-state index is 0.132. The summed E-state index contributed by atoms with van der Waals surface area (Å²) < 4.78 is 37.7. The van der Waals surface area contributed by atoms with Crippen LogP contribution in [-0.2, 0) is 38.8 Å².